The molecule has 262 valence electrons. The van der Waals surface area contributed by atoms with Gasteiger partial charge >= 0.3 is 0 Å². The van der Waals surface area contributed by atoms with Crippen LogP contribution < -0.4 is 0 Å². The topological polar surface area (TPSA) is 64.5 Å². The van der Waals surface area contributed by atoms with Gasteiger partial charge in [0.25, 0.3) is 0 Å². The molecule has 0 bridgehead atoms. The third-order valence-corrected chi connectivity index (χ3v) is 10.1. The van der Waals surface area contributed by atoms with E-state index in [0.717, 1.165) is 83.3 Å². The van der Waals surface area contributed by atoms with E-state index in [2.05, 4.69) is 127 Å². The lowest BCUT2D eigenvalue weighted by Crippen LogP contribution is -2.00. The van der Waals surface area contributed by atoms with E-state index >= 15 is 0 Å². The van der Waals surface area contributed by atoms with Crippen LogP contribution in [0.4, 0.5) is 0 Å². The van der Waals surface area contributed by atoms with Crippen LogP contribution in [0.3, 0.4) is 0 Å². The fourth-order valence-electron chi connectivity index (χ4n) is 7.32. The molecular weight excluding hydrogens is 683 g/mol. The van der Waals surface area contributed by atoms with Crippen molar-refractivity contribution >= 4 is 21.8 Å². The molecule has 0 aliphatic heterocycles. The molecule has 0 saturated carbocycles. The van der Waals surface area contributed by atoms with Crippen molar-refractivity contribution in [2.75, 3.05) is 0 Å². The molecule has 10 aromatic rings. The highest BCUT2D eigenvalue weighted by atomic mass is 15.0. The Bertz CT molecular complexity index is 2910. The third kappa shape index (κ3) is 6.27. The van der Waals surface area contributed by atoms with Gasteiger partial charge in [-0.2, -0.15) is 0 Å². The summed E-state index contributed by atoms with van der Waals surface area (Å²) in [7, 11) is 0. The molecule has 0 saturated heterocycles. The van der Waals surface area contributed by atoms with Crippen molar-refractivity contribution in [2.24, 2.45) is 0 Å². The predicted octanol–water partition coefficient (Wildman–Crippen LogP) is 12.6. The van der Waals surface area contributed by atoms with E-state index in [4.69, 9.17) is 24.9 Å². The Hall–Kier alpha value is -7.63. The molecule has 10 rings (SSSR count). The second kappa shape index (κ2) is 14.3. The molecule has 0 amide bonds. The van der Waals surface area contributed by atoms with Gasteiger partial charge in [0, 0.05) is 38.6 Å². The molecule has 0 unspecified atom stereocenters. The second-order valence-electron chi connectivity index (χ2n) is 13.7. The summed E-state index contributed by atoms with van der Waals surface area (Å²) < 4.78 is 0. The van der Waals surface area contributed by atoms with Gasteiger partial charge < -0.3 is 0 Å². The quantitative estimate of drug-likeness (QED) is 0.154. The molecule has 0 aliphatic carbocycles. The first-order valence-electron chi connectivity index (χ1n) is 18.7. The van der Waals surface area contributed by atoms with Crippen LogP contribution in [0.2, 0.25) is 0 Å². The van der Waals surface area contributed by atoms with Gasteiger partial charge in [-0.15, -0.1) is 0 Å². The lowest BCUT2D eigenvalue weighted by Gasteiger charge is -2.15. The average molecular weight is 716 g/mol. The van der Waals surface area contributed by atoms with E-state index < -0.39 is 0 Å². The van der Waals surface area contributed by atoms with Gasteiger partial charge in [-0.05, 0) is 34.4 Å². The summed E-state index contributed by atoms with van der Waals surface area (Å²) in [5.41, 5.74) is 12.8. The van der Waals surface area contributed by atoms with E-state index in [1.165, 1.54) is 0 Å². The molecule has 7 aromatic carbocycles. The maximum Gasteiger partial charge on any atom is 0.164 e. The fraction of sp³-hybridized carbons (Fsp3) is 0. The number of hydrogen-bond donors (Lipinski definition) is 0. The predicted molar refractivity (Wildman–Crippen MR) is 228 cm³/mol. The van der Waals surface area contributed by atoms with E-state index in [-0.39, 0.29) is 0 Å². The standard InChI is InChI=1S/C51H33N5/c1-6-16-34(17-7-1)43-32-45(36-18-8-2-9-19-36)52-47-41(43)30-31-42-44(33-46(53-48(42)47)37-20-10-3-11-21-37)35-26-28-40(29-27-35)51-55-49(38-22-12-4-13-23-38)54-50(56-51)39-24-14-5-15-25-39/h1-33H. The van der Waals surface area contributed by atoms with Crippen LogP contribution in [-0.2, 0) is 0 Å². The highest BCUT2D eigenvalue weighted by Crippen LogP contribution is 2.40. The van der Waals surface area contributed by atoms with Crippen LogP contribution in [0, 0.1) is 0 Å². The van der Waals surface area contributed by atoms with Crippen molar-refractivity contribution in [1.82, 2.24) is 24.9 Å². The Labute approximate surface area is 324 Å². The molecule has 0 atom stereocenters. The first-order chi connectivity index (χ1) is 27.7. The normalized spacial score (nSPS) is 11.2. The van der Waals surface area contributed by atoms with E-state index in [1.807, 2.05) is 72.8 Å². The smallest absolute Gasteiger partial charge is 0.164 e. The van der Waals surface area contributed by atoms with Gasteiger partial charge in [0.2, 0.25) is 0 Å². The van der Waals surface area contributed by atoms with Gasteiger partial charge in [0.15, 0.2) is 17.5 Å². The maximum atomic E-state index is 5.38. The molecule has 0 spiro atoms. The van der Waals surface area contributed by atoms with Crippen LogP contribution in [0.5, 0.6) is 0 Å². The number of aromatic nitrogens is 5. The lowest BCUT2D eigenvalue weighted by molar-refractivity contribution is 1.07. The molecular formula is C51H33N5. The zero-order valence-electron chi connectivity index (χ0n) is 30.3. The highest BCUT2D eigenvalue weighted by molar-refractivity contribution is 6.13. The minimum absolute atomic E-state index is 0.617. The minimum Gasteiger partial charge on any atom is -0.245 e. The summed E-state index contributed by atoms with van der Waals surface area (Å²) in [6.07, 6.45) is 0. The van der Waals surface area contributed by atoms with E-state index in [0.29, 0.717) is 17.5 Å². The van der Waals surface area contributed by atoms with Crippen LogP contribution in [0.1, 0.15) is 0 Å². The summed E-state index contributed by atoms with van der Waals surface area (Å²) in [6.45, 7) is 0. The van der Waals surface area contributed by atoms with Crippen LogP contribution in [0.15, 0.2) is 200 Å². The Balaban J connectivity index is 1.17. The van der Waals surface area contributed by atoms with Crippen molar-refractivity contribution in [2.45, 2.75) is 0 Å². The maximum absolute atomic E-state index is 5.38. The Morgan fingerprint density at radius 1 is 0.232 bits per heavy atom. The minimum atomic E-state index is 0.617. The molecule has 56 heavy (non-hydrogen) atoms. The third-order valence-electron chi connectivity index (χ3n) is 10.1. The van der Waals surface area contributed by atoms with Gasteiger partial charge in [0.05, 0.1) is 22.4 Å². The van der Waals surface area contributed by atoms with Gasteiger partial charge in [-0.3, -0.25) is 0 Å². The number of pyridine rings is 2. The van der Waals surface area contributed by atoms with Gasteiger partial charge in [0.1, 0.15) is 0 Å². The summed E-state index contributed by atoms with van der Waals surface area (Å²) in [5, 5.41) is 2.08. The van der Waals surface area contributed by atoms with Crippen molar-refractivity contribution in [3.63, 3.8) is 0 Å². The van der Waals surface area contributed by atoms with Gasteiger partial charge in [-0.25, -0.2) is 24.9 Å². The largest absolute Gasteiger partial charge is 0.245 e. The lowest BCUT2D eigenvalue weighted by atomic mass is 9.93. The average Bonchev–Trinajstić information content (AvgIpc) is 3.29. The van der Waals surface area contributed by atoms with Crippen LogP contribution in [0.25, 0.3) is 101 Å². The monoisotopic (exact) mass is 715 g/mol. The molecule has 0 N–H and O–H groups in total. The fourth-order valence-corrected chi connectivity index (χ4v) is 7.32. The second-order valence-corrected chi connectivity index (χ2v) is 13.7. The van der Waals surface area contributed by atoms with Crippen molar-refractivity contribution < 1.29 is 0 Å². The number of hydrogen-bond acceptors (Lipinski definition) is 5. The van der Waals surface area contributed by atoms with Crippen molar-refractivity contribution in [1.29, 1.82) is 0 Å². The molecule has 3 heterocycles. The van der Waals surface area contributed by atoms with Crippen molar-refractivity contribution in [3.05, 3.63) is 200 Å². The first-order valence-corrected chi connectivity index (χ1v) is 18.7. The number of rotatable bonds is 7. The van der Waals surface area contributed by atoms with E-state index in [9.17, 15) is 0 Å². The Kier molecular flexibility index (Phi) is 8.43. The van der Waals surface area contributed by atoms with Crippen LogP contribution >= 0.6 is 0 Å². The van der Waals surface area contributed by atoms with Crippen LogP contribution in [-0.4, -0.2) is 24.9 Å². The number of fused-ring (bicyclic) bond motifs is 3. The Morgan fingerprint density at radius 2 is 0.518 bits per heavy atom. The molecule has 3 aromatic heterocycles. The number of benzene rings is 7. The van der Waals surface area contributed by atoms with Crippen molar-refractivity contribution in [3.8, 4) is 78.9 Å². The molecule has 0 aliphatic rings. The zero-order valence-corrected chi connectivity index (χ0v) is 30.3. The highest BCUT2D eigenvalue weighted by Gasteiger charge is 2.18. The summed E-state index contributed by atoms with van der Waals surface area (Å²) >= 11 is 0. The molecule has 0 fully saturated rings. The summed E-state index contributed by atoms with van der Waals surface area (Å²) in [5.74, 6) is 1.89. The first kappa shape index (κ1) is 33.0. The van der Waals surface area contributed by atoms with E-state index in [1.54, 1.807) is 0 Å². The molecule has 5 heteroatoms. The molecule has 0 radical (unpaired) electrons. The zero-order chi connectivity index (χ0) is 37.3. The molecule has 5 nitrogen and oxygen atoms in total. The number of nitrogens with zero attached hydrogens (tertiary/aromatic N) is 5. The summed E-state index contributed by atoms with van der Waals surface area (Å²) in [6, 6.07) is 68.7. The Morgan fingerprint density at radius 3 is 0.893 bits per heavy atom. The SMILES string of the molecule is c1ccc(-c2cc(-c3ccccc3)c3ccc4c(-c5ccc(-c6nc(-c7ccccc7)nc(-c7ccccc7)n6)cc5)cc(-c5ccccc5)nc4c3n2)cc1. The summed E-state index contributed by atoms with van der Waals surface area (Å²) in [4.78, 5) is 25.6. The van der Waals surface area contributed by atoms with Gasteiger partial charge in [-0.1, -0.05) is 188 Å².